The molecule has 0 aliphatic carbocycles. The van der Waals surface area contributed by atoms with E-state index in [-0.39, 0.29) is 6.42 Å². The van der Waals surface area contributed by atoms with Gasteiger partial charge in [-0.2, -0.15) is 0 Å². The summed E-state index contributed by atoms with van der Waals surface area (Å²) in [5.74, 6) is 0.138. The highest BCUT2D eigenvalue weighted by Gasteiger charge is 2.20. The van der Waals surface area contributed by atoms with Crippen molar-refractivity contribution in [2.24, 2.45) is 5.73 Å². The molecular formula is C12H17NO4S. The predicted octanol–water partition coefficient (Wildman–Crippen LogP) is 1.90. The lowest BCUT2D eigenvalue weighted by molar-refractivity contribution is -0.137. The average Bonchev–Trinajstić information content (AvgIpc) is 2.35. The fourth-order valence-corrected chi connectivity index (χ4v) is 2.28. The van der Waals surface area contributed by atoms with Crippen LogP contribution in [0, 0.1) is 0 Å². The van der Waals surface area contributed by atoms with E-state index in [0.717, 1.165) is 4.90 Å². The molecule has 0 aliphatic heterocycles. The van der Waals surface area contributed by atoms with Crippen molar-refractivity contribution < 1.29 is 19.4 Å². The molecule has 100 valence electrons. The standard InChI is InChI=1S/C12H17NO4S/c1-16-11-7(8(13)6-10(14)15)4-5-9(18-3)12(11)17-2/h4-5,8H,6,13H2,1-3H3,(H,14,15). The lowest BCUT2D eigenvalue weighted by Gasteiger charge is -2.18. The molecule has 0 spiro atoms. The highest BCUT2D eigenvalue weighted by Crippen LogP contribution is 2.41. The maximum absolute atomic E-state index is 10.7. The fraction of sp³-hybridized carbons (Fsp3) is 0.417. The number of carbonyl (C=O) groups is 1. The molecule has 0 amide bonds. The summed E-state index contributed by atoms with van der Waals surface area (Å²) in [4.78, 5) is 11.6. The molecule has 5 nitrogen and oxygen atoms in total. The normalized spacial score (nSPS) is 12.0. The van der Waals surface area contributed by atoms with Crippen LogP contribution in [0.2, 0.25) is 0 Å². The van der Waals surface area contributed by atoms with Crippen LogP contribution in [-0.4, -0.2) is 31.6 Å². The number of rotatable bonds is 6. The summed E-state index contributed by atoms with van der Waals surface area (Å²) in [5.41, 5.74) is 6.50. The van der Waals surface area contributed by atoms with Gasteiger partial charge in [-0.15, -0.1) is 11.8 Å². The van der Waals surface area contributed by atoms with Crippen LogP contribution >= 0.6 is 11.8 Å². The third kappa shape index (κ3) is 3.08. The molecule has 3 N–H and O–H groups in total. The van der Waals surface area contributed by atoms with E-state index in [1.165, 1.54) is 18.9 Å². The van der Waals surface area contributed by atoms with Crippen LogP contribution in [0.25, 0.3) is 0 Å². The summed E-state index contributed by atoms with van der Waals surface area (Å²) in [5, 5.41) is 8.78. The zero-order chi connectivity index (χ0) is 13.7. The minimum absolute atomic E-state index is 0.155. The molecule has 0 fully saturated rings. The van der Waals surface area contributed by atoms with E-state index < -0.39 is 12.0 Å². The molecule has 0 saturated carbocycles. The molecular weight excluding hydrogens is 254 g/mol. The molecule has 0 aromatic heterocycles. The Kier molecular flexibility index (Phi) is 5.30. The Hall–Kier alpha value is -1.40. The van der Waals surface area contributed by atoms with E-state index in [1.54, 1.807) is 13.2 Å². The summed E-state index contributed by atoms with van der Waals surface area (Å²) >= 11 is 1.52. The van der Waals surface area contributed by atoms with Crippen LogP contribution in [0.1, 0.15) is 18.0 Å². The van der Waals surface area contributed by atoms with Crippen molar-refractivity contribution in [3.63, 3.8) is 0 Å². The second-order valence-electron chi connectivity index (χ2n) is 3.63. The zero-order valence-corrected chi connectivity index (χ0v) is 11.4. The number of methoxy groups -OCH3 is 2. The monoisotopic (exact) mass is 271 g/mol. The van der Waals surface area contributed by atoms with Gasteiger partial charge in [0.05, 0.1) is 25.5 Å². The summed E-state index contributed by atoms with van der Waals surface area (Å²) in [6, 6.07) is 3.01. The third-order valence-electron chi connectivity index (χ3n) is 2.53. The van der Waals surface area contributed by atoms with Gasteiger partial charge in [-0.1, -0.05) is 6.07 Å². The molecule has 1 atom stereocenters. The van der Waals surface area contributed by atoms with E-state index in [0.29, 0.717) is 17.1 Å². The van der Waals surface area contributed by atoms with Gasteiger partial charge in [0, 0.05) is 11.6 Å². The first-order valence-corrected chi connectivity index (χ1v) is 6.53. The Bertz CT molecular complexity index is 436. The molecule has 1 aromatic rings. The van der Waals surface area contributed by atoms with Crippen LogP contribution < -0.4 is 15.2 Å². The van der Waals surface area contributed by atoms with E-state index in [9.17, 15) is 4.79 Å². The number of benzene rings is 1. The highest BCUT2D eigenvalue weighted by molar-refractivity contribution is 7.98. The predicted molar refractivity (Wildman–Crippen MR) is 70.5 cm³/mol. The van der Waals surface area contributed by atoms with Gasteiger partial charge in [0.25, 0.3) is 0 Å². The Labute approximate surface area is 110 Å². The molecule has 1 aromatic carbocycles. The van der Waals surface area contributed by atoms with E-state index in [1.807, 2.05) is 12.3 Å². The maximum atomic E-state index is 10.7. The van der Waals surface area contributed by atoms with Crippen molar-refractivity contribution >= 4 is 17.7 Å². The highest BCUT2D eigenvalue weighted by atomic mass is 32.2. The van der Waals surface area contributed by atoms with Crippen molar-refractivity contribution in [3.05, 3.63) is 17.7 Å². The Morgan fingerprint density at radius 2 is 2.00 bits per heavy atom. The smallest absolute Gasteiger partial charge is 0.305 e. The third-order valence-corrected chi connectivity index (χ3v) is 3.29. The van der Waals surface area contributed by atoms with Crippen molar-refractivity contribution in [1.82, 2.24) is 0 Å². The van der Waals surface area contributed by atoms with Crippen LogP contribution in [-0.2, 0) is 4.79 Å². The molecule has 1 unspecified atom stereocenters. The first-order chi connectivity index (χ1) is 8.54. The van der Waals surface area contributed by atoms with Crippen LogP contribution in [0.15, 0.2) is 17.0 Å². The Morgan fingerprint density at radius 3 is 2.44 bits per heavy atom. The van der Waals surface area contributed by atoms with Gasteiger partial charge < -0.3 is 20.3 Å². The topological polar surface area (TPSA) is 81.8 Å². The molecule has 1 rings (SSSR count). The minimum atomic E-state index is -0.947. The number of aliphatic carboxylic acids is 1. The number of thioether (sulfide) groups is 1. The van der Waals surface area contributed by atoms with Crippen LogP contribution in [0.3, 0.4) is 0 Å². The lowest BCUT2D eigenvalue weighted by Crippen LogP contribution is -2.16. The summed E-state index contributed by atoms with van der Waals surface area (Å²) in [6.45, 7) is 0. The number of hydrogen-bond acceptors (Lipinski definition) is 5. The van der Waals surface area contributed by atoms with Crippen molar-refractivity contribution in [2.45, 2.75) is 17.4 Å². The molecule has 0 aliphatic rings. The van der Waals surface area contributed by atoms with E-state index in [4.69, 9.17) is 20.3 Å². The minimum Gasteiger partial charge on any atom is -0.492 e. The number of carboxylic acid groups (broad SMARTS) is 1. The van der Waals surface area contributed by atoms with Crippen molar-refractivity contribution in [2.75, 3.05) is 20.5 Å². The SMILES string of the molecule is COc1c(SC)ccc(C(N)CC(=O)O)c1OC. The van der Waals surface area contributed by atoms with Crippen molar-refractivity contribution in [3.8, 4) is 11.5 Å². The van der Waals surface area contributed by atoms with E-state index in [2.05, 4.69) is 0 Å². The second kappa shape index (κ2) is 6.51. The van der Waals surface area contributed by atoms with Gasteiger partial charge >= 0.3 is 5.97 Å². The first kappa shape index (κ1) is 14.7. The number of nitrogens with two attached hydrogens (primary N) is 1. The lowest BCUT2D eigenvalue weighted by atomic mass is 10.0. The fourth-order valence-electron chi connectivity index (χ4n) is 1.71. The van der Waals surface area contributed by atoms with E-state index >= 15 is 0 Å². The van der Waals surface area contributed by atoms with Gasteiger partial charge in [0.15, 0.2) is 11.5 Å². The van der Waals surface area contributed by atoms with Crippen LogP contribution in [0.5, 0.6) is 11.5 Å². The van der Waals surface area contributed by atoms with Gasteiger partial charge in [0.2, 0.25) is 0 Å². The number of hydrogen-bond donors (Lipinski definition) is 2. The van der Waals surface area contributed by atoms with Gasteiger partial charge in [-0.25, -0.2) is 0 Å². The molecule has 0 saturated heterocycles. The zero-order valence-electron chi connectivity index (χ0n) is 10.6. The average molecular weight is 271 g/mol. The quantitative estimate of drug-likeness (QED) is 0.769. The second-order valence-corrected chi connectivity index (χ2v) is 4.48. The number of carboxylic acids is 1. The molecule has 6 heteroatoms. The summed E-state index contributed by atoms with van der Waals surface area (Å²) in [7, 11) is 3.06. The van der Waals surface area contributed by atoms with Crippen LogP contribution in [0.4, 0.5) is 0 Å². The Balaban J connectivity index is 3.23. The van der Waals surface area contributed by atoms with Crippen molar-refractivity contribution in [1.29, 1.82) is 0 Å². The molecule has 0 heterocycles. The number of ether oxygens (including phenoxy) is 2. The Morgan fingerprint density at radius 1 is 1.39 bits per heavy atom. The van der Waals surface area contributed by atoms with Gasteiger partial charge in [-0.05, 0) is 12.3 Å². The largest absolute Gasteiger partial charge is 0.492 e. The molecule has 18 heavy (non-hydrogen) atoms. The maximum Gasteiger partial charge on any atom is 0.305 e. The first-order valence-electron chi connectivity index (χ1n) is 5.31. The molecule has 0 bridgehead atoms. The van der Waals surface area contributed by atoms with Gasteiger partial charge in [-0.3, -0.25) is 4.79 Å². The summed E-state index contributed by atoms with van der Waals surface area (Å²) < 4.78 is 10.6. The summed E-state index contributed by atoms with van der Waals surface area (Å²) in [6.07, 6.45) is 1.77. The van der Waals surface area contributed by atoms with Gasteiger partial charge in [0.1, 0.15) is 0 Å². The molecule has 0 radical (unpaired) electrons.